The molecule has 11 aromatic carbocycles. The summed E-state index contributed by atoms with van der Waals surface area (Å²) in [5.74, 6) is 0.790. The molecule has 0 spiro atoms. The van der Waals surface area contributed by atoms with Crippen molar-refractivity contribution in [1.29, 1.82) is 0 Å². The van der Waals surface area contributed by atoms with Crippen LogP contribution in [0.5, 0.6) is 0 Å². The normalized spacial score (nSPS) is 13.3. The molecule has 0 atom stereocenters. The lowest BCUT2D eigenvalue weighted by atomic mass is 9.36. The van der Waals surface area contributed by atoms with Gasteiger partial charge >= 0.3 is 0 Å². The number of hydrogen-bond donors (Lipinski definition) is 0. The number of fused-ring (bicyclic) bond motifs is 18. The fourth-order valence-corrected chi connectivity index (χ4v) is 13.2. The standard InChI is InChI=1S/C62H45BN2S/c1-36(2)38-28-32-58-52(33-38)61-62(66-58)63-53-34-39(37(3)4)27-31-54(53)64(40-29-30-48-43-17-6-5-15-41(43)42-16-8-10-21-47(42)51(48)35-40)56-25-14-26-57(60(56)63)65(61)55-24-13-23-50-46-19-9-7-18-44(46)45-20-11-12-22-49(45)59(50)55/h5-37H,1-4H3. The Labute approximate surface area is 389 Å². The van der Waals surface area contributed by atoms with Gasteiger partial charge in [0.25, 0.3) is 6.71 Å². The molecular formula is C62H45BN2S. The Kier molecular flexibility index (Phi) is 8.08. The van der Waals surface area contributed by atoms with Crippen LogP contribution in [0.2, 0.25) is 0 Å². The molecule has 312 valence electrons. The summed E-state index contributed by atoms with van der Waals surface area (Å²) in [6, 6.07) is 71.7. The van der Waals surface area contributed by atoms with E-state index in [2.05, 4.69) is 226 Å². The van der Waals surface area contributed by atoms with E-state index < -0.39 is 0 Å². The molecular weight excluding hydrogens is 816 g/mol. The average molecular weight is 861 g/mol. The summed E-state index contributed by atoms with van der Waals surface area (Å²) >= 11 is 1.99. The Morgan fingerprint density at radius 1 is 0.379 bits per heavy atom. The van der Waals surface area contributed by atoms with Gasteiger partial charge in [-0.3, -0.25) is 0 Å². The highest BCUT2D eigenvalue weighted by atomic mass is 32.1. The predicted molar refractivity (Wildman–Crippen MR) is 289 cm³/mol. The molecule has 2 aliphatic heterocycles. The van der Waals surface area contributed by atoms with E-state index in [1.807, 2.05) is 11.3 Å². The Bertz CT molecular complexity index is 3970. The fraction of sp³-hybridized carbons (Fsp3) is 0.0968. The number of anilines is 6. The first-order valence-electron chi connectivity index (χ1n) is 23.5. The minimum absolute atomic E-state index is 0.0464. The fourth-order valence-electron chi connectivity index (χ4n) is 11.9. The summed E-state index contributed by atoms with van der Waals surface area (Å²) in [5, 5.41) is 16.8. The van der Waals surface area contributed by atoms with E-state index in [-0.39, 0.29) is 6.71 Å². The van der Waals surface area contributed by atoms with Crippen molar-refractivity contribution < 1.29 is 0 Å². The summed E-state index contributed by atoms with van der Waals surface area (Å²) < 4.78 is 2.74. The van der Waals surface area contributed by atoms with Gasteiger partial charge in [0.2, 0.25) is 0 Å². The molecule has 3 heterocycles. The van der Waals surface area contributed by atoms with Crippen LogP contribution in [-0.2, 0) is 0 Å². The maximum atomic E-state index is 2.67. The largest absolute Gasteiger partial charge is 0.311 e. The zero-order chi connectivity index (χ0) is 43.9. The third-order valence-electron chi connectivity index (χ3n) is 14.9. The van der Waals surface area contributed by atoms with Crippen LogP contribution in [0.1, 0.15) is 50.7 Å². The molecule has 0 saturated heterocycles. The Morgan fingerprint density at radius 3 is 1.48 bits per heavy atom. The number of rotatable bonds is 4. The first-order chi connectivity index (χ1) is 32.4. The molecule has 14 rings (SSSR count). The first-order valence-corrected chi connectivity index (χ1v) is 24.3. The van der Waals surface area contributed by atoms with E-state index in [0.717, 1.165) is 0 Å². The van der Waals surface area contributed by atoms with Gasteiger partial charge in [-0.15, -0.1) is 11.3 Å². The lowest BCUT2D eigenvalue weighted by molar-refractivity contribution is 0.868. The molecule has 66 heavy (non-hydrogen) atoms. The molecule has 4 heteroatoms. The Hall–Kier alpha value is -7.40. The average Bonchev–Trinajstić information content (AvgIpc) is 3.74. The van der Waals surface area contributed by atoms with Crippen molar-refractivity contribution in [3.63, 3.8) is 0 Å². The van der Waals surface area contributed by atoms with Crippen molar-refractivity contribution in [2.45, 2.75) is 39.5 Å². The van der Waals surface area contributed by atoms with Gasteiger partial charge in [0.05, 0.1) is 11.4 Å². The zero-order valence-corrected chi connectivity index (χ0v) is 38.2. The highest BCUT2D eigenvalue weighted by Gasteiger charge is 2.45. The summed E-state index contributed by atoms with van der Waals surface area (Å²) in [5.41, 5.74) is 12.9. The molecule has 2 nitrogen and oxygen atoms in total. The summed E-state index contributed by atoms with van der Waals surface area (Å²) in [7, 11) is 0. The Balaban J connectivity index is 1.11. The second-order valence-electron chi connectivity index (χ2n) is 19.1. The molecule has 0 fully saturated rings. The first kappa shape index (κ1) is 37.9. The third-order valence-corrected chi connectivity index (χ3v) is 16.2. The summed E-state index contributed by atoms with van der Waals surface area (Å²) in [6.07, 6.45) is 0. The van der Waals surface area contributed by atoms with E-state index >= 15 is 0 Å². The van der Waals surface area contributed by atoms with Crippen molar-refractivity contribution in [3.05, 3.63) is 199 Å². The molecule has 12 aromatic rings. The van der Waals surface area contributed by atoms with Gasteiger partial charge in [0, 0.05) is 43.0 Å². The quantitative estimate of drug-likeness (QED) is 0.128. The molecule has 1 aromatic heterocycles. The van der Waals surface area contributed by atoms with Crippen LogP contribution < -0.4 is 25.5 Å². The Morgan fingerprint density at radius 2 is 0.864 bits per heavy atom. The molecule has 0 aliphatic carbocycles. The molecule has 2 aliphatic rings. The number of hydrogen-bond acceptors (Lipinski definition) is 3. The SMILES string of the molecule is CC(C)c1ccc2c(c1)B1c3sc4ccc(C(C)C)cc4c3N(c3cccc4c5ccccc5c5ccccc5c34)c3cccc(c31)N2c1ccc2c3ccccc3c3ccccc3c2c1. The maximum absolute atomic E-state index is 2.67. The van der Waals surface area contributed by atoms with Gasteiger partial charge in [-0.1, -0.05) is 167 Å². The second-order valence-corrected chi connectivity index (χ2v) is 20.2. The zero-order valence-electron chi connectivity index (χ0n) is 37.4. The van der Waals surface area contributed by atoms with Gasteiger partial charge < -0.3 is 9.80 Å². The molecule has 0 amide bonds. The second kappa shape index (κ2) is 14.1. The minimum Gasteiger partial charge on any atom is -0.311 e. The van der Waals surface area contributed by atoms with E-state index in [0.29, 0.717) is 11.8 Å². The maximum Gasteiger partial charge on any atom is 0.264 e. The third kappa shape index (κ3) is 5.19. The van der Waals surface area contributed by atoms with Crippen molar-refractivity contribution in [2.24, 2.45) is 0 Å². The summed E-state index contributed by atoms with van der Waals surface area (Å²) in [6.45, 7) is 9.34. The van der Waals surface area contributed by atoms with Crippen LogP contribution in [0.3, 0.4) is 0 Å². The van der Waals surface area contributed by atoms with Crippen molar-refractivity contribution in [3.8, 4) is 0 Å². The van der Waals surface area contributed by atoms with Gasteiger partial charge in [0.1, 0.15) is 0 Å². The van der Waals surface area contributed by atoms with E-state index in [4.69, 9.17) is 0 Å². The van der Waals surface area contributed by atoms with Gasteiger partial charge in [-0.05, 0) is 142 Å². The molecule has 0 saturated carbocycles. The lowest BCUT2D eigenvalue weighted by Gasteiger charge is -2.43. The van der Waals surface area contributed by atoms with Crippen LogP contribution in [-0.4, -0.2) is 6.71 Å². The van der Waals surface area contributed by atoms with Crippen molar-refractivity contribution in [2.75, 3.05) is 9.80 Å². The minimum atomic E-state index is 0.0464. The summed E-state index contributed by atoms with van der Waals surface area (Å²) in [4.78, 5) is 5.25. The van der Waals surface area contributed by atoms with Crippen LogP contribution in [0, 0.1) is 0 Å². The van der Waals surface area contributed by atoms with Crippen molar-refractivity contribution >= 4 is 143 Å². The number of thiophene rings is 1. The molecule has 0 N–H and O–H groups in total. The molecule has 0 unspecified atom stereocenters. The van der Waals surface area contributed by atoms with Crippen LogP contribution in [0.15, 0.2) is 188 Å². The van der Waals surface area contributed by atoms with E-state index in [9.17, 15) is 0 Å². The molecule has 0 radical (unpaired) electrons. The van der Waals surface area contributed by atoms with E-state index in [1.165, 1.54) is 136 Å². The van der Waals surface area contributed by atoms with Crippen LogP contribution in [0.4, 0.5) is 34.1 Å². The smallest absolute Gasteiger partial charge is 0.264 e. The lowest BCUT2D eigenvalue weighted by Crippen LogP contribution is -2.60. The topological polar surface area (TPSA) is 6.48 Å². The van der Waals surface area contributed by atoms with Gasteiger partial charge in [-0.2, -0.15) is 0 Å². The number of nitrogens with zero attached hydrogens (tertiary/aromatic N) is 2. The highest BCUT2D eigenvalue weighted by Crippen LogP contribution is 2.51. The van der Waals surface area contributed by atoms with Crippen LogP contribution in [0.25, 0.3) is 74.7 Å². The van der Waals surface area contributed by atoms with E-state index in [1.54, 1.807) is 0 Å². The van der Waals surface area contributed by atoms with Gasteiger partial charge in [0.15, 0.2) is 0 Å². The van der Waals surface area contributed by atoms with Crippen molar-refractivity contribution in [1.82, 2.24) is 0 Å². The monoisotopic (exact) mass is 860 g/mol. The molecule has 0 bridgehead atoms. The van der Waals surface area contributed by atoms with Crippen LogP contribution >= 0.6 is 11.3 Å². The van der Waals surface area contributed by atoms with Gasteiger partial charge in [-0.25, -0.2) is 0 Å². The predicted octanol–water partition coefficient (Wildman–Crippen LogP) is 16.1. The highest BCUT2D eigenvalue weighted by molar-refractivity contribution is 7.33. The number of benzene rings is 11.